The number of hydrogen-bond donors (Lipinski definition) is 0. The molecule has 0 N–H and O–H groups in total. The van der Waals surface area contributed by atoms with Gasteiger partial charge in [0.25, 0.3) is 0 Å². The smallest absolute Gasteiger partial charge is 0.0562 e. The summed E-state index contributed by atoms with van der Waals surface area (Å²) in [5, 5.41) is 0. The third-order valence-corrected chi connectivity index (χ3v) is 4.51. The van der Waals surface area contributed by atoms with Gasteiger partial charge in [-0.3, -0.25) is 9.88 Å². The summed E-state index contributed by atoms with van der Waals surface area (Å²) in [5.74, 6) is 0. The van der Waals surface area contributed by atoms with Gasteiger partial charge in [-0.15, -0.1) is 0 Å². The van der Waals surface area contributed by atoms with Crippen LogP contribution in [0.1, 0.15) is 6.42 Å². The Morgan fingerprint density at radius 3 is 2.75 bits per heavy atom. The van der Waals surface area contributed by atoms with Crippen LogP contribution in [0.2, 0.25) is 0 Å². The summed E-state index contributed by atoms with van der Waals surface area (Å²) >= 11 is 0. The van der Waals surface area contributed by atoms with Crippen molar-refractivity contribution in [2.45, 2.75) is 12.5 Å². The van der Waals surface area contributed by atoms with Gasteiger partial charge in [0.2, 0.25) is 0 Å². The second kappa shape index (κ2) is 4.91. The molecule has 2 saturated heterocycles. The first-order valence-corrected chi connectivity index (χ1v) is 7.39. The third kappa shape index (κ3) is 2.08. The molecule has 2 atom stereocenters. The third-order valence-electron chi connectivity index (χ3n) is 4.51. The van der Waals surface area contributed by atoms with Gasteiger partial charge in [0.05, 0.1) is 11.9 Å². The Hall–Kier alpha value is -1.87. The molecule has 0 aliphatic carbocycles. The number of benzene rings is 1. The molecule has 2 aromatic rings. The molecule has 102 valence electrons. The zero-order valence-electron chi connectivity index (χ0n) is 11.6. The van der Waals surface area contributed by atoms with Gasteiger partial charge >= 0.3 is 0 Å². The lowest BCUT2D eigenvalue weighted by Crippen LogP contribution is -2.46. The Kier molecular flexibility index (Phi) is 2.92. The highest BCUT2D eigenvalue weighted by Crippen LogP contribution is 2.29. The standard InChI is InChI=1S/C17H19N3/c1-2-4-14(5-3-1)15-10-17(12-18-11-15)20-9-8-19-7-6-16(20)13-19/h1-5,10-12,16H,6-9,13H2. The van der Waals surface area contributed by atoms with Gasteiger partial charge in [-0.1, -0.05) is 30.3 Å². The Morgan fingerprint density at radius 1 is 0.950 bits per heavy atom. The molecule has 0 amide bonds. The Morgan fingerprint density at radius 2 is 1.85 bits per heavy atom. The molecule has 1 aromatic heterocycles. The number of nitrogens with zero attached hydrogens (tertiary/aromatic N) is 3. The van der Waals surface area contributed by atoms with Gasteiger partial charge in [0.1, 0.15) is 0 Å². The van der Waals surface area contributed by atoms with Gasteiger partial charge in [0.15, 0.2) is 0 Å². The van der Waals surface area contributed by atoms with Crippen LogP contribution in [-0.4, -0.2) is 42.1 Å². The molecule has 4 rings (SSSR count). The topological polar surface area (TPSA) is 19.4 Å². The van der Waals surface area contributed by atoms with Crippen molar-refractivity contribution in [1.29, 1.82) is 0 Å². The van der Waals surface area contributed by atoms with Crippen molar-refractivity contribution in [3.05, 3.63) is 48.8 Å². The molecule has 2 bridgehead atoms. The minimum Gasteiger partial charge on any atom is -0.365 e. The van der Waals surface area contributed by atoms with E-state index >= 15 is 0 Å². The van der Waals surface area contributed by atoms with Crippen LogP contribution in [0.15, 0.2) is 48.8 Å². The van der Waals surface area contributed by atoms with Crippen LogP contribution in [-0.2, 0) is 0 Å². The number of rotatable bonds is 2. The summed E-state index contributed by atoms with van der Waals surface area (Å²) in [6, 6.07) is 13.5. The minimum atomic E-state index is 0.677. The molecular weight excluding hydrogens is 246 g/mol. The van der Waals surface area contributed by atoms with Crippen molar-refractivity contribution in [3.63, 3.8) is 0 Å². The van der Waals surface area contributed by atoms with E-state index in [1.807, 2.05) is 12.4 Å². The highest BCUT2D eigenvalue weighted by molar-refractivity contribution is 5.67. The van der Waals surface area contributed by atoms with E-state index in [9.17, 15) is 0 Å². The largest absolute Gasteiger partial charge is 0.365 e. The fourth-order valence-electron chi connectivity index (χ4n) is 3.41. The first-order chi connectivity index (χ1) is 9.90. The fourth-order valence-corrected chi connectivity index (χ4v) is 3.41. The second-order valence-electron chi connectivity index (χ2n) is 5.73. The maximum Gasteiger partial charge on any atom is 0.0562 e. The van der Waals surface area contributed by atoms with Crippen LogP contribution in [0.25, 0.3) is 11.1 Å². The molecule has 2 unspecified atom stereocenters. The number of pyridine rings is 1. The van der Waals surface area contributed by atoms with Gasteiger partial charge in [-0.2, -0.15) is 0 Å². The van der Waals surface area contributed by atoms with E-state index in [-0.39, 0.29) is 0 Å². The van der Waals surface area contributed by atoms with Crippen LogP contribution < -0.4 is 4.90 Å². The summed E-state index contributed by atoms with van der Waals surface area (Å²) in [7, 11) is 0. The quantitative estimate of drug-likeness (QED) is 0.832. The van der Waals surface area contributed by atoms with E-state index in [2.05, 4.69) is 51.2 Å². The van der Waals surface area contributed by atoms with Crippen LogP contribution in [0, 0.1) is 0 Å². The summed E-state index contributed by atoms with van der Waals surface area (Å²) < 4.78 is 0. The van der Waals surface area contributed by atoms with E-state index in [0.29, 0.717) is 6.04 Å². The van der Waals surface area contributed by atoms with Gasteiger partial charge < -0.3 is 4.90 Å². The lowest BCUT2D eigenvalue weighted by molar-refractivity contribution is 0.310. The molecule has 3 heteroatoms. The monoisotopic (exact) mass is 265 g/mol. The molecule has 2 aliphatic rings. The van der Waals surface area contributed by atoms with Gasteiger partial charge in [0, 0.05) is 44.0 Å². The van der Waals surface area contributed by atoms with Crippen LogP contribution in [0.5, 0.6) is 0 Å². The number of piperazine rings is 1. The van der Waals surface area contributed by atoms with Crippen LogP contribution in [0.3, 0.4) is 0 Å². The molecule has 3 nitrogen and oxygen atoms in total. The highest BCUT2D eigenvalue weighted by Gasteiger charge is 2.32. The zero-order chi connectivity index (χ0) is 13.4. The van der Waals surface area contributed by atoms with E-state index in [1.54, 1.807) is 0 Å². The first kappa shape index (κ1) is 11.9. The average molecular weight is 265 g/mol. The lowest BCUT2D eigenvalue weighted by Gasteiger charge is -2.36. The number of hydrogen-bond acceptors (Lipinski definition) is 3. The molecule has 0 radical (unpaired) electrons. The molecule has 2 fully saturated rings. The molecule has 3 heterocycles. The maximum absolute atomic E-state index is 4.46. The molecule has 1 aromatic carbocycles. The van der Waals surface area contributed by atoms with E-state index in [4.69, 9.17) is 0 Å². The van der Waals surface area contributed by atoms with Crippen molar-refractivity contribution < 1.29 is 0 Å². The van der Waals surface area contributed by atoms with E-state index in [1.165, 1.54) is 42.9 Å². The second-order valence-corrected chi connectivity index (χ2v) is 5.73. The predicted octanol–water partition coefficient (Wildman–Crippen LogP) is 2.64. The van der Waals surface area contributed by atoms with Crippen LogP contribution in [0.4, 0.5) is 5.69 Å². The minimum absolute atomic E-state index is 0.677. The number of anilines is 1. The van der Waals surface area contributed by atoms with E-state index < -0.39 is 0 Å². The first-order valence-electron chi connectivity index (χ1n) is 7.39. The summed E-state index contributed by atoms with van der Waals surface area (Å²) in [5.41, 5.74) is 3.73. The molecule has 0 spiro atoms. The van der Waals surface area contributed by atoms with Crippen molar-refractivity contribution in [3.8, 4) is 11.1 Å². The van der Waals surface area contributed by atoms with Crippen molar-refractivity contribution in [2.75, 3.05) is 31.1 Å². The Bertz CT molecular complexity index is 596. The van der Waals surface area contributed by atoms with Crippen molar-refractivity contribution in [2.24, 2.45) is 0 Å². The fraction of sp³-hybridized carbons (Fsp3) is 0.353. The summed E-state index contributed by atoms with van der Waals surface area (Å²) in [4.78, 5) is 9.57. The summed E-state index contributed by atoms with van der Waals surface area (Å²) in [6.45, 7) is 4.79. The SMILES string of the molecule is c1ccc(-c2cncc(N3CCN4CCC3C4)c2)cc1. The lowest BCUT2D eigenvalue weighted by atomic mass is 10.1. The number of aromatic nitrogens is 1. The van der Waals surface area contributed by atoms with Crippen molar-refractivity contribution >= 4 is 5.69 Å². The Labute approximate surface area is 119 Å². The summed E-state index contributed by atoms with van der Waals surface area (Å²) in [6.07, 6.45) is 5.26. The maximum atomic E-state index is 4.46. The highest BCUT2D eigenvalue weighted by atomic mass is 15.3. The normalized spacial score (nSPS) is 24.9. The molecule has 20 heavy (non-hydrogen) atoms. The average Bonchev–Trinajstić information content (AvgIpc) is 2.90. The van der Waals surface area contributed by atoms with Gasteiger partial charge in [-0.25, -0.2) is 0 Å². The molecular formula is C17H19N3. The molecule has 0 saturated carbocycles. The Balaban J connectivity index is 1.66. The van der Waals surface area contributed by atoms with Crippen LogP contribution >= 0.6 is 0 Å². The predicted molar refractivity (Wildman–Crippen MR) is 81.9 cm³/mol. The number of fused-ring (bicyclic) bond motifs is 2. The van der Waals surface area contributed by atoms with Crippen molar-refractivity contribution in [1.82, 2.24) is 9.88 Å². The van der Waals surface area contributed by atoms with Gasteiger partial charge in [-0.05, 0) is 18.1 Å². The molecule has 2 aliphatic heterocycles. The van der Waals surface area contributed by atoms with E-state index in [0.717, 1.165) is 6.54 Å². The zero-order valence-corrected chi connectivity index (χ0v) is 11.6.